The van der Waals surface area contributed by atoms with Gasteiger partial charge in [0.05, 0.1) is 11.5 Å². The Morgan fingerprint density at radius 2 is 1.67 bits per heavy atom. The Balaban J connectivity index is 1.64. The molecule has 39 heavy (non-hydrogen) atoms. The highest BCUT2D eigenvalue weighted by molar-refractivity contribution is 8.14. The Hall–Kier alpha value is -1.74. The van der Waals surface area contributed by atoms with Crippen LogP contribution in [0.1, 0.15) is 40.2 Å². The minimum Gasteiger partial charge on any atom is -0.443 e. The molecule has 0 bridgehead atoms. The van der Waals surface area contributed by atoms with Crippen molar-refractivity contribution in [2.24, 2.45) is 4.99 Å². The number of thioether (sulfide) groups is 1. The van der Waals surface area contributed by atoms with Crippen LogP contribution in [-0.2, 0) is 44.0 Å². The van der Waals surface area contributed by atoms with E-state index in [-0.39, 0.29) is 11.5 Å². The second kappa shape index (κ2) is 10.9. The summed E-state index contributed by atoms with van der Waals surface area (Å²) in [4.78, 5) is 18.8. The minimum absolute atomic E-state index is 0.145. The van der Waals surface area contributed by atoms with E-state index >= 15 is 0 Å². The standard InChI is InChI=1S/C26H38N2O9S2/c1-24(2,3)37-23(29)28(6)22-27-18-20-19(35-25(4,32-7)26(5,33-8)36-20)17(34-21(18)38-22)15-39(30,31)14-16-12-10-9-11-13-16/h9-13,17-21H,14-15H2,1-8H3. The zero-order valence-corrected chi connectivity index (χ0v) is 25.2. The van der Waals surface area contributed by atoms with Crippen molar-refractivity contribution in [1.82, 2.24) is 4.90 Å². The molecule has 2 fully saturated rings. The number of fused-ring (bicyclic) bond motifs is 3. The fourth-order valence-electron chi connectivity index (χ4n) is 4.71. The van der Waals surface area contributed by atoms with Gasteiger partial charge < -0.3 is 28.4 Å². The topological polar surface area (TPSA) is 122 Å². The van der Waals surface area contributed by atoms with E-state index in [1.807, 2.05) is 6.07 Å². The predicted octanol–water partition coefficient (Wildman–Crippen LogP) is 3.17. The molecule has 0 aromatic heterocycles. The molecule has 0 spiro atoms. The zero-order chi connectivity index (χ0) is 28.8. The molecule has 0 saturated carbocycles. The predicted molar refractivity (Wildman–Crippen MR) is 146 cm³/mol. The number of nitrogens with zero attached hydrogens (tertiary/aromatic N) is 2. The van der Waals surface area contributed by atoms with E-state index in [1.54, 1.807) is 65.9 Å². The summed E-state index contributed by atoms with van der Waals surface area (Å²) in [7, 11) is 0.891. The number of sulfone groups is 1. The van der Waals surface area contributed by atoms with Crippen LogP contribution in [0.15, 0.2) is 35.3 Å². The van der Waals surface area contributed by atoms with Crippen LogP contribution in [0.25, 0.3) is 0 Å². The highest BCUT2D eigenvalue weighted by atomic mass is 32.2. The van der Waals surface area contributed by atoms with Crippen LogP contribution in [0.2, 0.25) is 0 Å². The lowest BCUT2D eigenvalue weighted by atomic mass is 9.94. The minimum atomic E-state index is -3.62. The van der Waals surface area contributed by atoms with Crippen molar-refractivity contribution in [1.29, 1.82) is 0 Å². The SMILES string of the molecule is COC1(C)OC2C(CS(=O)(=O)Cc3ccccc3)OC3SC(N(C)C(=O)OC(C)(C)C)=NC3C2OC1(C)OC. The summed E-state index contributed by atoms with van der Waals surface area (Å²) >= 11 is 1.21. The van der Waals surface area contributed by atoms with Crippen molar-refractivity contribution in [2.75, 3.05) is 27.0 Å². The van der Waals surface area contributed by atoms with E-state index < -0.39 is 62.9 Å². The van der Waals surface area contributed by atoms with Gasteiger partial charge >= 0.3 is 6.09 Å². The van der Waals surface area contributed by atoms with E-state index in [9.17, 15) is 13.2 Å². The molecular weight excluding hydrogens is 548 g/mol. The Morgan fingerprint density at radius 1 is 1.08 bits per heavy atom. The molecule has 0 aliphatic carbocycles. The maximum absolute atomic E-state index is 13.3. The van der Waals surface area contributed by atoms with Crippen LogP contribution in [0.3, 0.4) is 0 Å². The van der Waals surface area contributed by atoms with Crippen molar-refractivity contribution in [2.45, 2.75) is 87.3 Å². The lowest BCUT2D eigenvalue weighted by Gasteiger charge is -2.56. The lowest BCUT2D eigenvalue weighted by Crippen LogP contribution is -2.72. The second-order valence-corrected chi connectivity index (χ2v) is 14.3. The third kappa shape index (κ3) is 6.29. The third-order valence-corrected chi connectivity index (χ3v) is 9.85. The summed E-state index contributed by atoms with van der Waals surface area (Å²) in [6, 6.07) is 8.36. The van der Waals surface area contributed by atoms with Crippen molar-refractivity contribution in [3.63, 3.8) is 0 Å². The maximum Gasteiger partial charge on any atom is 0.416 e. The fourth-order valence-corrected chi connectivity index (χ4v) is 7.47. The van der Waals surface area contributed by atoms with Gasteiger partial charge in [0.25, 0.3) is 0 Å². The van der Waals surface area contributed by atoms with Crippen molar-refractivity contribution in [3.05, 3.63) is 35.9 Å². The van der Waals surface area contributed by atoms with Gasteiger partial charge in [0.1, 0.15) is 35.4 Å². The summed E-state index contributed by atoms with van der Waals surface area (Å²) in [6.45, 7) is 8.70. The highest BCUT2D eigenvalue weighted by Crippen LogP contribution is 2.48. The normalized spacial score (nSPS) is 34.6. The molecule has 1 amide bonds. The number of amidine groups is 1. The first kappa shape index (κ1) is 30.2. The van der Waals surface area contributed by atoms with Gasteiger partial charge in [-0.25, -0.2) is 13.2 Å². The Kier molecular flexibility index (Phi) is 8.46. The molecule has 1 aromatic carbocycles. The van der Waals surface area contributed by atoms with E-state index in [1.165, 1.54) is 30.9 Å². The van der Waals surface area contributed by atoms with Crippen molar-refractivity contribution < 1.29 is 41.6 Å². The number of methoxy groups -OCH3 is 2. The van der Waals surface area contributed by atoms with Crippen LogP contribution in [-0.4, -0.2) is 98.6 Å². The number of carbonyl (C=O) groups excluding carboxylic acids is 1. The van der Waals surface area contributed by atoms with Gasteiger partial charge in [0.15, 0.2) is 15.0 Å². The van der Waals surface area contributed by atoms with Gasteiger partial charge in [-0.05, 0) is 40.2 Å². The molecule has 3 aliphatic rings. The summed E-state index contributed by atoms with van der Waals surface area (Å²) in [6.07, 6.45) is -3.05. The first-order valence-electron chi connectivity index (χ1n) is 12.7. The smallest absolute Gasteiger partial charge is 0.416 e. The average molecular weight is 587 g/mol. The molecule has 2 saturated heterocycles. The molecule has 13 heteroatoms. The molecule has 3 heterocycles. The number of benzene rings is 1. The number of hydrogen-bond donors (Lipinski definition) is 0. The molecular formula is C26H38N2O9S2. The highest BCUT2D eigenvalue weighted by Gasteiger charge is 2.64. The van der Waals surface area contributed by atoms with Crippen molar-refractivity contribution in [3.8, 4) is 0 Å². The molecule has 218 valence electrons. The summed E-state index contributed by atoms with van der Waals surface area (Å²) in [5.41, 5.74) is -0.635. The van der Waals surface area contributed by atoms with Crippen LogP contribution in [0.4, 0.5) is 4.79 Å². The van der Waals surface area contributed by atoms with Gasteiger partial charge in [-0.1, -0.05) is 42.1 Å². The number of rotatable bonds is 6. The van der Waals surface area contributed by atoms with E-state index in [0.717, 1.165) is 0 Å². The van der Waals surface area contributed by atoms with E-state index in [2.05, 4.69) is 0 Å². The summed E-state index contributed by atoms with van der Waals surface area (Å²) < 4.78 is 62.7. The van der Waals surface area contributed by atoms with Gasteiger partial charge in [0.2, 0.25) is 11.6 Å². The maximum atomic E-state index is 13.3. The molecule has 3 aliphatic heterocycles. The quantitative estimate of drug-likeness (QED) is 0.491. The molecule has 7 unspecified atom stereocenters. The third-order valence-electron chi connectivity index (χ3n) is 7.02. The van der Waals surface area contributed by atoms with Gasteiger partial charge in [0, 0.05) is 21.3 Å². The largest absolute Gasteiger partial charge is 0.443 e. The van der Waals surface area contributed by atoms with E-state index in [0.29, 0.717) is 10.7 Å². The number of hydrogen-bond acceptors (Lipinski definition) is 11. The van der Waals surface area contributed by atoms with Crippen LogP contribution in [0, 0.1) is 0 Å². The average Bonchev–Trinajstić information content (AvgIpc) is 3.27. The molecule has 0 N–H and O–H groups in total. The van der Waals surface area contributed by atoms with Crippen LogP contribution >= 0.6 is 11.8 Å². The van der Waals surface area contributed by atoms with Crippen LogP contribution < -0.4 is 0 Å². The van der Waals surface area contributed by atoms with Crippen LogP contribution in [0.5, 0.6) is 0 Å². The van der Waals surface area contributed by atoms with E-state index in [4.69, 9.17) is 33.4 Å². The van der Waals surface area contributed by atoms with Crippen molar-refractivity contribution >= 4 is 32.9 Å². The monoisotopic (exact) mass is 586 g/mol. The fraction of sp³-hybridized carbons (Fsp3) is 0.692. The second-order valence-electron chi connectivity index (χ2n) is 11.1. The van der Waals surface area contributed by atoms with Gasteiger partial charge in [-0.3, -0.25) is 9.89 Å². The Morgan fingerprint density at radius 3 is 2.23 bits per heavy atom. The molecule has 1 aromatic rings. The number of amides is 1. The number of ether oxygens (including phenoxy) is 6. The first-order valence-corrected chi connectivity index (χ1v) is 15.4. The summed E-state index contributed by atoms with van der Waals surface area (Å²) in [5.74, 6) is -3.16. The first-order chi connectivity index (χ1) is 18.1. The molecule has 7 atom stereocenters. The Bertz CT molecular complexity index is 1190. The number of carbonyl (C=O) groups is 1. The zero-order valence-electron chi connectivity index (χ0n) is 23.6. The molecule has 4 rings (SSSR count). The summed E-state index contributed by atoms with van der Waals surface area (Å²) in [5, 5.41) is 0.369. The Labute approximate surface area is 234 Å². The van der Waals surface area contributed by atoms with Gasteiger partial charge in [-0.15, -0.1) is 0 Å². The number of aliphatic imine (C=N–C) groups is 1. The molecule has 0 radical (unpaired) electrons. The van der Waals surface area contributed by atoms with Gasteiger partial charge in [-0.2, -0.15) is 0 Å². The molecule has 11 nitrogen and oxygen atoms in total. The lowest BCUT2D eigenvalue weighted by molar-refractivity contribution is -0.462.